The van der Waals surface area contributed by atoms with Gasteiger partial charge in [-0.15, -0.1) is 0 Å². The van der Waals surface area contributed by atoms with Gasteiger partial charge in [-0.2, -0.15) is 27.0 Å². The first-order valence-electron chi connectivity index (χ1n) is 42.4. The molecule has 30 heteroatoms. The van der Waals surface area contributed by atoms with Crippen LogP contribution in [0.2, 0.25) is 0 Å². The van der Waals surface area contributed by atoms with Crippen LogP contribution in [0.5, 0.6) is 0 Å². The monoisotopic (exact) mass is 1970 g/mol. The first-order valence-corrected chi connectivity index (χ1v) is 50.6. The van der Waals surface area contributed by atoms with Crippen LogP contribution in [0, 0.1) is 5.92 Å². The number of fused-ring (bicyclic) bond motifs is 9. The number of nitrogens with one attached hydrogen (secondary N) is 2. The Morgan fingerprint density at radius 2 is 0.648 bits per heavy atom. The van der Waals surface area contributed by atoms with Crippen LogP contribution in [0.15, 0.2) is 265 Å². The second kappa shape index (κ2) is 43.1. The molecule has 668 valence electrons. The first-order chi connectivity index (χ1) is 59.7. The Hall–Kier alpha value is -7.38. The predicted molar refractivity (Wildman–Crippen MR) is 510 cm³/mol. The van der Waals surface area contributed by atoms with Crippen LogP contribution in [-0.4, -0.2) is 118 Å². The maximum Gasteiger partial charge on any atom is 1.00 e. The summed E-state index contributed by atoms with van der Waals surface area (Å²) >= 11 is 6.49. The van der Waals surface area contributed by atoms with E-state index in [2.05, 4.69) is 181 Å². The third-order valence-electron chi connectivity index (χ3n) is 24.1. The molecule has 4 radical (unpaired) electrons. The molecule has 4 aliphatic rings. The smallest absolute Gasteiger partial charge is 0.744 e. The minimum absolute atomic E-state index is 0. The maximum absolute atomic E-state index is 16.1. The molecule has 4 aliphatic heterocycles. The number of sulfonamides is 2. The molecule has 0 spiro atoms. The molecule has 4 bridgehead atoms. The number of hydrogen-bond acceptors (Lipinski definition) is 12. The van der Waals surface area contributed by atoms with Gasteiger partial charge >= 0.3 is 29.6 Å². The Morgan fingerprint density at radius 3 is 0.953 bits per heavy atom. The molecule has 6 atom stereocenters. The molecule has 16 rings (SSSR count). The van der Waals surface area contributed by atoms with E-state index in [-0.39, 0.29) is 79.3 Å². The normalized spacial score (nSPS) is 18.1. The van der Waals surface area contributed by atoms with Crippen LogP contribution in [-0.2, 0) is 60.6 Å². The van der Waals surface area contributed by atoms with Gasteiger partial charge in [0.05, 0.1) is 19.6 Å². The molecule has 12 aromatic rings. The van der Waals surface area contributed by atoms with E-state index in [1.807, 2.05) is 66.7 Å². The summed E-state index contributed by atoms with van der Waals surface area (Å²) in [5.74, 6) is -6.90. The van der Waals surface area contributed by atoms with E-state index in [1.54, 1.807) is 30.3 Å². The Labute approximate surface area is 796 Å². The van der Waals surface area contributed by atoms with Gasteiger partial charge in [0.25, 0.3) is 20.9 Å². The molecule has 128 heavy (non-hydrogen) atoms. The van der Waals surface area contributed by atoms with Gasteiger partial charge in [0.2, 0.25) is 31.9 Å². The molecule has 0 aromatic heterocycles. The van der Waals surface area contributed by atoms with Gasteiger partial charge in [0.15, 0.2) is 12.1 Å². The number of hydrogen-bond donors (Lipinski definition) is 3. The predicted octanol–water partition coefficient (Wildman–Crippen LogP) is 19.6. The third-order valence-corrected chi connectivity index (χ3v) is 30.2. The summed E-state index contributed by atoms with van der Waals surface area (Å²) in [7, 11) is -3.68. The van der Waals surface area contributed by atoms with Gasteiger partial charge in [-0.25, -0.2) is 33.7 Å². The summed E-state index contributed by atoms with van der Waals surface area (Å²) in [6.45, 7) is 23.3. The Balaban J connectivity index is 0.000000177. The molecule has 4 N–H and O–H groups in total. The Morgan fingerprint density at radius 1 is 0.398 bits per heavy atom. The number of rotatable bonds is 19. The molecule has 4 fully saturated rings. The standard InChI is InChI=1S/C30H33BrF2N2O3S.C29H32BrF2N3O3S.C13H13ClO2S.C13H14O3S.C13H14.B2.Na/c1-18(2)20-4-5-22-17-27(13-6-21(22)16-20)39(37,38)34-28(30(32,33)23-7-9-24(31)10-8-23)29(36)35-25-11-12-26(35)15-19(3)14-25;1-17(2)18-3-4-20-14-26(12-5-19(20)13-18)39(37,38)34-27(29(31,32)21-6-8-22(30)9-7-21)28(36)35-24-10-11-25(35)16-23(33)15-24;2*1-9(2)10-3-4-12-8-13(17(14,15)16)6-5-11(12)7-10;1-10(2)12-8-7-11-5-3-4-6-13(11)9-12;1-2;/h4-10,13,16-19,25-26,28,34H,11-12,14-15H2,1-3H3;3-9,12-14,17,23-25,27,34H,10-11,15-16,33H2,1-2H3;3-9H,1-2H3;3-9H,1-2H3,(H,14,15,16);3-10H,1-2H3;;/q;;;;;;+1/p-1. The van der Waals surface area contributed by atoms with Crippen LogP contribution in [0.3, 0.4) is 0 Å². The van der Waals surface area contributed by atoms with E-state index in [1.165, 1.54) is 128 Å². The van der Waals surface area contributed by atoms with Crippen molar-refractivity contribution < 1.29 is 94.9 Å². The molecule has 16 nitrogen and oxygen atoms in total. The SMILES string of the molecule is CC(C)c1ccc2cc(S(=O)(=O)Cl)ccc2c1.CC(C)c1ccc2cc(S(=O)(=O)NC(C(=O)N3C4CCC3CC(N)C4)C(F)(F)c3ccc(Br)cc3)ccc2c1.CC(C)c1ccc2cc(S(=O)(=O)[O-])ccc2c1.CC(C)c1ccc2ccccc2c1.CC1CC2CCC(C1)N2C(=O)C(NS(=O)(=O)c1ccc2cc(C(C)C)ccc2c1)C(F)(F)c1ccc(Br)cc1.[B][B].[Na+]. The average molecular weight is 1970 g/mol. The number of nitrogens with two attached hydrogens (primary N) is 1. The molecular weight excluding hydrogens is 1870 g/mol. The fraction of sp³-hybridized carbons (Fsp3) is 0.347. The molecule has 6 unspecified atom stereocenters. The number of benzene rings is 12. The van der Waals surface area contributed by atoms with E-state index >= 15 is 17.6 Å². The molecule has 12 aromatic carbocycles. The average Bonchev–Trinajstić information content (AvgIpc) is 1.60. The number of piperidine rings is 2. The van der Waals surface area contributed by atoms with E-state index < -0.39 is 86.1 Å². The van der Waals surface area contributed by atoms with Crippen molar-refractivity contribution >= 4 is 163 Å². The van der Waals surface area contributed by atoms with Crippen LogP contribution in [0.25, 0.3) is 53.9 Å². The van der Waals surface area contributed by atoms with Gasteiger partial charge < -0.3 is 20.1 Å². The van der Waals surface area contributed by atoms with E-state index in [4.69, 9.17) is 16.4 Å². The molecular formula is C98H105B2Br2ClF4N5NaO11S4. The summed E-state index contributed by atoms with van der Waals surface area (Å²) in [4.78, 5) is 30.3. The summed E-state index contributed by atoms with van der Waals surface area (Å²) in [6, 6.07) is 61.9. The van der Waals surface area contributed by atoms with E-state index in [9.17, 15) is 47.8 Å². The number of alkyl halides is 4. The Kier molecular flexibility index (Phi) is 34.6. The van der Waals surface area contributed by atoms with Crippen molar-refractivity contribution in [1.29, 1.82) is 0 Å². The fourth-order valence-electron chi connectivity index (χ4n) is 17.0. The first kappa shape index (κ1) is 103. The summed E-state index contributed by atoms with van der Waals surface area (Å²) < 4.78 is 179. The topological polar surface area (TPSA) is 250 Å². The summed E-state index contributed by atoms with van der Waals surface area (Å²) in [6.07, 6.45) is 5.29. The van der Waals surface area contributed by atoms with Crippen LogP contribution in [0.4, 0.5) is 17.6 Å². The molecule has 2 amide bonds. The number of carbonyl (C=O) groups is 2. The fourth-order valence-corrected chi connectivity index (χ4v) is 21.3. The van der Waals surface area contributed by atoms with Gasteiger partial charge in [0, 0.05) is 76.4 Å². The number of nitrogens with zero attached hydrogens (tertiary/aromatic N) is 2. The number of carbonyl (C=O) groups excluding carboxylic acids is 2. The van der Waals surface area contributed by atoms with Crippen molar-refractivity contribution in [2.45, 2.75) is 231 Å². The molecule has 0 aliphatic carbocycles. The molecule has 4 saturated heterocycles. The van der Waals surface area contributed by atoms with E-state index in [0.29, 0.717) is 80.9 Å². The number of halogens is 7. The van der Waals surface area contributed by atoms with Crippen molar-refractivity contribution in [3.63, 3.8) is 0 Å². The van der Waals surface area contributed by atoms with Crippen LogP contribution in [0.1, 0.15) is 196 Å². The van der Waals surface area contributed by atoms with Crippen LogP contribution < -0.4 is 44.7 Å². The van der Waals surface area contributed by atoms with Crippen molar-refractivity contribution in [2.75, 3.05) is 0 Å². The van der Waals surface area contributed by atoms with Crippen LogP contribution >= 0.6 is 42.5 Å². The zero-order chi connectivity index (χ0) is 92.7. The second-order valence-electron chi connectivity index (χ2n) is 34.8. The van der Waals surface area contributed by atoms with Crippen molar-refractivity contribution in [3.05, 3.63) is 284 Å². The zero-order valence-corrected chi connectivity index (χ0v) is 82.8. The van der Waals surface area contributed by atoms with Gasteiger partial charge in [0.1, 0.15) is 10.1 Å². The maximum atomic E-state index is 16.1. The number of amides is 2. The third kappa shape index (κ3) is 24.9. The Bertz CT molecular complexity index is 6100. The minimum Gasteiger partial charge on any atom is -0.744 e. The van der Waals surface area contributed by atoms with Gasteiger partial charge in [-0.3, -0.25) is 9.59 Å². The van der Waals surface area contributed by atoms with Gasteiger partial charge in [-0.05, 0) is 241 Å². The van der Waals surface area contributed by atoms with Crippen molar-refractivity contribution in [2.24, 2.45) is 11.7 Å². The quantitative estimate of drug-likeness (QED) is 0.0296. The largest absolute Gasteiger partial charge is 1.00 e. The van der Waals surface area contributed by atoms with Gasteiger partial charge in [-0.1, -0.05) is 272 Å². The summed E-state index contributed by atoms with van der Waals surface area (Å²) in [5.41, 5.74) is 11.3. The van der Waals surface area contributed by atoms with Crippen molar-refractivity contribution in [1.82, 2.24) is 19.2 Å². The minimum atomic E-state index is -4.50. The second-order valence-corrected chi connectivity index (χ2v) is 44.0. The summed E-state index contributed by atoms with van der Waals surface area (Å²) in [5, 5.41) is 9.33. The van der Waals surface area contributed by atoms with E-state index in [0.717, 1.165) is 69.1 Å². The van der Waals surface area contributed by atoms with Crippen molar-refractivity contribution in [3.8, 4) is 0 Å². The molecule has 0 saturated carbocycles. The molecule has 4 heterocycles. The zero-order valence-electron chi connectivity index (χ0n) is 73.6.